The summed E-state index contributed by atoms with van der Waals surface area (Å²) in [6.07, 6.45) is -2.35. The molecule has 0 spiro atoms. The van der Waals surface area contributed by atoms with Crippen LogP contribution in [0.25, 0.3) is 0 Å². The SMILES string of the molecule is CC1=CC(NC(=O)C(F)(F)F)=C[CH]O1. The molecule has 0 fully saturated rings. The Labute approximate surface area is 78.2 Å². The number of allylic oxidation sites excluding steroid dienone is 2. The average Bonchev–Trinajstić information content (AvgIpc) is 2.02. The third-order valence-corrected chi connectivity index (χ3v) is 1.38. The van der Waals surface area contributed by atoms with Crippen LogP contribution in [0.1, 0.15) is 6.92 Å². The van der Waals surface area contributed by atoms with Crippen LogP contribution < -0.4 is 5.32 Å². The van der Waals surface area contributed by atoms with Crippen LogP contribution in [0.5, 0.6) is 0 Å². The quantitative estimate of drug-likeness (QED) is 0.708. The highest BCUT2D eigenvalue weighted by Crippen LogP contribution is 2.17. The predicted octanol–water partition coefficient (Wildman–Crippen LogP) is 1.64. The van der Waals surface area contributed by atoms with Gasteiger partial charge in [-0.05, 0) is 19.1 Å². The predicted molar refractivity (Wildman–Crippen MR) is 41.4 cm³/mol. The first-order chi connectivity index (χ1) is 6.39. The van der Waals surface area contributed by atoms with Crippen molar-refractivity contribution in [1.29, 1.82) is 0 Å². The van der Waals surface area contributed by atoms with Crippen molar-refractivity contribution in [3.05, 3.63) is 30.2 Å². The van der Waals surface area contributed by atoms with E-state index >= 15 is 0 Å². The lowest BCUT2D eigenvalue weighted by atomic mass is 10.3. The molecule has 77 valence electrons. The molecule has 1 amide bonds. The van der Waals surface area contributed by atoms with Gasteiger partial charge in [-0.1, -0.05) is 0 Å². The number of ether oxygens (including phenoxy) is 1. The molecule has 14 heavy (non-hydrogen) atoms. The Hall–Kier alpha value is -1.46. The van der Waals surface area contributed by atoms with Crippen LogP contribution in [0.2, 0.25) is 0 Å². The number of hydrogen-bond acceptors (Lipinski definition) is 2. The van der Waals surface area contributed by atoms with Gasteiger partial charge >= 0.3 is 12.1 Å². The number of alkyl halides is 3. The van der Waals surface area contributed by atoms with Gasteiger partial charge in [-0.3, -0.25) is 4.79 Å². The van der Waals surface area contributed by atoms with Crippen LogP contribution in [0, 0.1) is 6.61 Å². The Morgan fingerprint density at radius 3 is 2.64 bits per heavy atom. The number of rotatable bonds is 1. The summed E-state index contributed by atoms with van der Waals surface area (Å²) in [7, 11) is 0. The molecule has 0 atom stereocenters. The third kappa shape index (κ3) is 2.79. The number of halogens is 3. The summed E-state index contributed by atoms with van der Waals surface area (Å²) >= 11 is 0. The van der Waals surface area contributed by atoms with E-state index in [2.05, 4.69) is 0 Å². The minimum Gasteiger partial charge on any atom is -0.487 e. The largest absolute Gasteiger partial charge is 0.487 e. The molecule has 1 N–H and O–H groups in total. The van der Waals surface area contributed by atoms with Crippen molar-refractivity contribution in [2.45, 2.75) is 13.1 Å². The zero-order valence-corrected chi connectivity index (χ0v) is 7.18. The lowest BCUT2D eigenvalue weighted by Gasteiger charge is -2.13. The molecule has 0 aromatic carbocycles. The molecule has 0 unspecified atom stereocenters. The first-order valence-corrected chi connectivity index (χ1v) is 3.66. The van der Waals surface area contributed by atoms with Crippen LogP contribution in [-0.4, -0.2) is 12.1 Å². The highest BCUT2D eigenvalue weighted by Gasteiger charge is 2.38. The molecule has 0 bridgehead atoms. The normalized spacial score (nSPS) is 16.6. The summed E-state index contributed by atoms with van der Waals surface area (Å²) < 4.78 is 40.2. The smallest absolute Gasteiger partial charge is 0.471 e. The molecular formula is C8H7F3NO2. The molecule has 0 aliphatic carbocycles. The van der Waals surface area contributed by atoms with Crippen molar-refractivity contribution in [3.63, 3.8) is 0 Å². The Kier molecular flexibility index (Phi) is 2.83. The molecular weight excluding hydrogens is 199 g/mol. The van der Waals surface area contributed by atoms with Gasteiger partial charge in [0.2, 0.25) is 0 Å². The summed E-state index contributed by atoms with van der Waals surface area (Å²) in [6, 6.07) is 0. The zero-order chi connectivity index (χ0) is 10.8. The first-order valence-electron chi connectivity index (χ1n) is 3.66. The highest BCUT2D eigenvalue weighted by molar-refractivity contribution is 5.83. The molecule has 0 saturated heterocycles. The second-order valence-corrected chi connectivity index (χ2v) is 2.58. The third-order valence-electron chi connectivity index (χ3n) is 1.38. The van der Waals surface area contributed by atoms with E-state index in [9.17, 15) is 18.0 Å². The minimum absolute atomic E-state index is 0.0519. The average molecular weight is 206 g/mol. The molecule has 1 aliphatic rings. The van der Waals surface area contributed by atoms with E-state index in [1.165, 1.54) is 18.8 Å². The fraction of sp³-hybridized carbons (Fsp3) is 0.250. The maximum atomic E-state index is 11.8. The number of nitrogens with one attached hydrogen (secondary N) is 1. The molecule has 6 heteroatoms. The van der Waals surface area contributed by atoms with Crippen molar-refractivity contribution in [3.8, 4) is 0 Å². The second kappa shape index (κ2) is 3.73. The van der Waals surface area contributed by atoms with E-state index in [-0.39, 0.29) is 5.70 Å². The monoisotopic (exact) mass is 206 g/mol. The first kappa shape index (κ1) is 10.6. The number of hydrogen-bond donors (Lipinski definition) is 1. The molecule has 0 aromatic rings. The maximum Gasteiger partial charge on any atom is 0.471 e. The van der Waals surface area contributed by atoms with Crippen LogP contribution in [0.15, 0.2) is 23.6 Å². The Bertz CT molecular complexity index is 304. The van der Waals surface area contributed by atoms with Crippen LogP contribution in [0.3, 0.4) is 0 Å². The van der Waals surface area contributed by atoms with Crippen molar-refractivity contribution in [1.82, 2.24) is 5.32 Å². The van der Waals surface area contributed by atoms with E-state index in [4.69, 9.17) is 4.74 Å². The molecule has 1 radical (unpaired) electrons. The summed E-state index contributed by atoms with van der Waals surface area (Å²) in [5, 5.41) is 1.70. The van der Waals surface area contributed by atoms with Gasteiger partial charge in [0.15, 0.2) is 6.61 Å². The van der Waals surface area contributed by atoms with E-state index in [0.717, 1.165) is 0 Å². The van der Waals surface area contributed by atoms with E-state index in [1.807, 2.05) is 0 Å². The van der Waals surface area contributed by atoms with Crippen LogP contribution >= 0.6 is 0 Å². The van der Waals surface area contributed by atoms with Gasteiger partial charge in [-0.2, -0.15) is 13.2 Å². The van der Waals surface area contributed by atoms with Gasteiger partial charge in [-0.15, -0.1) is 0 Å². The lowest BCUT2D eigenvalue weighted by molar-refractivity contribution is -0.172. The standard InChI is InChI=1S/C8H7F3NO2/c1-5-4-6(2-3-14-5)12-7(13)8(9,10)11/h2-4H,1H3,(H,12,13). The minimum atomic E-state index is -4.87. The van der Waals surface area contributed by atoms with Crippen molar-refractivity contribution in [2.75, 3.05) is 0 Å². The highest BCUT2D eigenvalue weighted by atomic mass is 19.4. The van der Waals surface area contributed by atoms with Gasteiger partial charge < -0.3 is 10.1 Å². The summed E-state index contributed by atoms with van der Waals surface area (Å²) in [5.41, 5.74) is 0.0519. The van der Waals surface area contributed by atoms with E-state index in [0.29, 0.717) is 5.76 Å². The fourth-order valence-electron chi connectivity index (χ4n) is 0.795. The Morgan fingerprint density at radius 2 is 2.14 bits per heavy atom. The Morgan fingerprint density at radius 1 is 1.50 bits per heavy atom. The topological polar surface area (TPSA) is 38.3 Å². The van der Waals surface area contributed by atoms with Gasteiger partial charge in [0.1, 0.15) is 0 Å². The molecule has 1 heterocycles. The number of amides is 1. The fourth-order valence-corrected chi connectivity index (χ4v) is 0.795. The summed E-state index contributed by atoms with van der Waals surface area (Å²) in [6.45, 7) is 2.75. The van der Waals surface area contributed by atoms with Crippen LogP contribution in [0.4, 0.5) is 13.2 Å². The van der Waals surface area contributed by atoms with Crippen molar-refractivity contribution in [2.24, 2.45) is 0 Å². The second-order valence-electron chi connectivity index (χ2n) is 2.58. The Balaban J connectivity index is 2.62. The van der Waals surface area contributed by atoms with Crippen molar-refractivity contribution < 1.29 is 22.7 Å². The van der Waals surface area contributed by atoms with Gasteiger partial charge in [0.25, 0.3) is 0 Å². The molecule has 1 rings (SSSR count). The number of carbonyl (C=O) groups excluding carboxylic acids is 1. The van der Waals surface area contributed by atoms with Crippen LogP contribution in [-0.2, 0) is 9.53 Å². The van der Waals surface area contributed by atoms with Crippen molar-refractivity contribution >= 4 is 5.91 Å². The molecule has 1 aliphatic heterocycles. The number of carbonyl (C=O) groups is 1. The zero-order valence-electron chi connectivity index (χ0n) is 7.18. The van der Waals surface area contributed by atoms with Gasteiger partial charge in [-0.25, -0.2) is 0 Å². The molecule has 0 aromatic heterocycles. The lowest BCUT2D eigenvalue weighted by Crippen LogP contribution is -2.36. The van der Waals surface area contributed by atoms with E-state index in [1.54, 1.807) is 12.2 Å². The summed E-state index contributed by atoms with van der Waals surface area (Å²) in [5.74, 6) is -1.59. The molecule has 3 nitrogen and oxygen atoms in total. The molecule has 0 saturated carbocycles. The van der Waals surface area contributed by atoms with Gasteiger partial charge in [0, 0.05) is 5.70 Å². The van der Waals surface area contributed by atoms with Gasteiger partial charge in [0.05, 0.1) is 5.76 Å². The van der Waals surface area contributed by atoms with E-state index < -0.39 is 12.1 Å². The maximum absolute atomic E-state index is 11.8. The summed E-state index contributed by atoms with van der Waals surface area (Å²) in [4.78, 5) is 10.5.